The van der Waals surface area contributed by atoms with Gasteiger partial charge in [-0.3, -0.25) is 0 Å². The lowest BCUT2D eigenvalue weighted by molar-refractivity contribution is -0.0719. The van der Waals surface area contributed by atoms with E-state index in [2.05, 4.69) is 86.2 Å². The first-order valence-electron chi connectivity index (χ1n) is 11.8. The van der Waals surface area contributed by atoms with Crippen molar-refractivity contribution in [3.05, 3.63) is 22.2 Å². The fourth-order valence-electron chi connectivity index (χ4n) is 3.70. The second kappa shape index (κ2) is 16.0. The zero-order valence-corrected chi connectivity index (χ0v) is 23.0. The summed E-state index contributed by atoms with van der Waals surface area (Å²) >= 11 is 17.3. The van der Waals surface area contributed by atoms with Crippen LogP contribution in [-0.2, 0) is 0 Å². The van der Waals surface area contributed by atoms with Crippen LogP contribution in [-0.4, -0.2) is 56.3 Å². The Labute approximate surface area is 216 Å². The van der Waals surface area contributed by atoms with Crippen LogP contribution in [0.5, 0.6) is 0 Å². The standard InChI is InChI=1S/C11H24N4S2.C9H18N4S2/c1-3-5-7-13(8-6-4-2)14-9-11(16)10-15(17)12-14;14-9-6-12(11-13(15)7-9)10-8-4-2-1-3-5-8/h9,12,16-17H,3-8,10H2,1-2H3;6,8,10-11,14-15H,1-5,7H2. The van der Waals surface area contributed by atoms with Gasteiger partial charge in [-0.1, -0.05) is 71.6 Å². The summed E-state index contributed by atoms with van der Waals surface area (Å²) in [4.78, 5) is 2.00. The molecule has 2 aliphatic heterocycles. The van der Waals surface area contributed by atoms with Gasteiger partial charge in [-0.2, -0.15) is 8.83 Å². The molecule has 0 aromatic rings. The summed E-state index contributed by atoms with van der Waals surface area (Å²) in [7, 11) is 0. The predicted molar refractivity (Wildman–Crippen MR) is 147 cm³/mol. The van der Waals surface area contributed by atoms with Crippen molar-refractivity contribution in [1.29, 1.82) is 0 Å². The fourth-order valence-corrected chi connectivity index (χ4v) is 4.92. The van der Waals surface area contributed by atoms with Crippen molar-refractivity contribution < 1.29 is 0 Å². The van der Waals surface area contributed by atoms with E-state index in [0.717, 1.165) is 36.0 Å². The number of nitrogens with one attached hydrogen (secondary N) is 3. The van der Waals surface area contributed by atoms with E-state index in [1.807, 2.05) is 22.6 Å². The molecule has 3 aliphatic rings. The van der Waals surface area contributed by atoms with E-state index >= 15 is 0 Å². The maximum absolute atomic E-state index is 4.42. The Morgan fingerprint density at radius 1 is 0.906 bits per heavy atom. The Hall–Kier alpha value is 0.240. The minimum absolute atomic E-state index is 0.573. The molecule has 0 aromatic carbocycles. The molecule has 3 rings (SSSR count). The summed E-state index contributed by atoms with van der Waals surface area (Å²) in [5, 5.41) is 6.17. The number of unbranched alkanes of at least 4 members (excludes halogenated alkanes) is 2. The summed E-state index contributed by atoms with van der Waals surface area (Å²) in [6.45, 7) is 7.98. The third-order valence-electron chi connectivity index (χ3n) is 5.39. The van der Waals surface area contributed by atoms with Crippen LogP contribution < -0.4 is 16.5 Å². The molecule has 32 heavy (non-hydrogen) atoms. The molecule has 0 amide bonds. The molecular weight excluding hydrogens is 481 g/mol. The molecule has 0 spiro atoms. The van der Waals surface area contributed by atoms with Crippen molar-refractivity contribution in [3.8, 4) is 0 Å². The van der Waals surface area contributed by atoms with Crippen molar-refractivity contribution in [1.82, 2.24) is 40.6 Å². The number of nitrogens with zero attached hydrogens (tertiary/aromatic N) is 5. The minimum Gasteiger partial charge on any atom is -0.233 e. The Morgan fingerprint density at radius 3 is 2.00 bits per heavy atom. The summed E-state index contributed by atoms with van der Waals surface area (Å²) in [5.41, 5.74) is 9.71. The second-order valence-electron chi connectivity index (χ2n) is 8.40. The van der Waals surface area contributed by atoms with Crippen molar-refractivity contribution in [3.63, 3.8) is 0 Å². The van der Waals surface area contributed by atoms with Gasteiger partial charge in [0.25, 0.3) is 0 Å². The molecule has 0 aromatic heterocycles. The quantitative estimate of drug-likeness (QED) is 0.230. The number of rotatable bonds is 9. The lowest BCUT2D eigenvalue weighted by Crippen LogP contribution is -2.56. The van der Waals surface area contributed by atoms with Gasteiger partial charge in [0.2, 0.25) is 0 Å². The van der Waals surface area contributed by atoms with Crippen LogP contribution in [0.2, 0.25) is 0 Å². The first-order valence-corrected chi connectivity index (χ1v) is 13.4. The molecule has 0 saturated heterocycles. The van der Waals surface area contributed by atoms with Crippen LogP contribution >= 0.6 is 50.9 Å². The highest BCUT2D eigenvalue weighted by Gasteiger charge is 2.19. The highest BCUT2D eigenvalue weighted by atomic mass is 32.1. The molecule has 12 heteroatoms. The molecule has 0 atom stereocenters. The van der Waals surface area contributed by atoms with E-state index in [1.165, 1.54) is 57.8 Å². The summed E-state index contributed by atoms with van der Waals surface area (Å²) in [5.74, 6) is 0. The van der Waals surface area contributed by atoms with Crippen LogP contribution in [0.4, 0.5) is 0 Å². The van der Waals surface area contributed by atoms with Gasteiger partial charge in [0.1, 0.15) is 0 Å². The summed E-state index contributed by atoms with van der Waals surface area (Å²) < 4.78 is 3.45. The zero-order valence-electron chi connectivity index (χ0n) is 19.4. The molecule has 2 heterocycles. The Kier molecular flexibility index (Phi) is 14.2. The molecule has 0 radical (unpaired) electrons. The third-order valence-corrected chi connectivity index (χ3v) is 6.36. The van der Waals surface area contributed by atoms with Crippen LogP contribution in [0.15, 0.2) is 22.2 Å². The first-order chi connectivity index (χ1) is 15.4. The topological polar surface area (TPSA) is 52.3 Å². The maximum Gasteiger partial charge on any atom is 0.0583 e. The van der Waals surface area contributed by atoms with E-state index in [4.69, 9.17) is 0 Å². The smallest absolute Gasteiger partial charge is 0.0583 e. The average molecular weight is 523 g/mol. The van der Waals surface area contributed by atoms with Gasteiger partial charge < -0.3 is 0 Å². The van der Waals surface area contributed by atoms with Crippen LogP contribution in [0.25, 0.3) is 0 Å². The number of thiol groups is 4. The van der Waals surface area contributed by atoms with E-state index in [1.54, 1.807) is 8.83 Å². The van der Waals surface area contributed by atoms with E-state index in [0.29, 0.717) is 6.04 Å². The van der Waals surface area contributed by atoms with Gasteiger partial charge in [0.15, 0.2) is 0 Å². The Morgan fingerprint density at radius 2 is 1.47 bits per heavy atom. The van der Waals surface area contributed by atoms with Crippen molar-refractivity contribution in [2.75, 3.05) is 26.2 Å². The number of hydrogen-bond donors (Lipinski definition) is 7. The van der Waals surface area contributed by atoms with E-state index in [9.17, 15) is 0 Å². The van der Waals surface area contributed by atoms with Gasteiger partial charge in [-0.15, -0.1) is 36.3 Å². The normalized spacial score (nSPS) is 21.3. The lowest BCUT2D eigenvalue weighted by atomic mass is 9.96. The van der Waals surface area contributed by atoms with Gasteiger partial charge >= 0.3 is 0 Å². The predicted octanol–water partition coefficient (Wildman–Crippen LogP) is 3.93. The molecule has 1 saturated carbocycles. The van der Waals surface area contributed by atoms with Crippen molar-refractivity contribution >= 4 is 50.9 Å². The SMILES string of the molecule is CCCCN(CCCC)N1C=C(S)CN(S)N1.SC1=CN(NC2CCCCC2)NN(S)C1. The molecule has 8 nitrogen and oxygen atoms in total. The maximum atomic E-state index is 4.42. The van der Waals surface area contributed by atoms with Gasteiger partial charge in [0.05, 0.1) is 13.1 Å². The number of hydrogen-bond acceptors (Lipinski definition) is 12. The monoisotopic (exact) mass is 522 g/mol. The van der Waals surface area contributed by atoms with Crippen molar-refractivity contribution in [2.24, 2.45) is 0 Å². The fraction of sp³-hybridized carbons (Fsp3) is 0.800. The Balaban J connectivity index is 0.000000228. The average Bonchev–Trinajstić information content (AvgIpc) is 2.73. The zero-order chi connectivity index (χ0) is 23.3. The van der Waals surface area contributed by atoms with E-state index in [-0.39, 0.29) is 0 Å². The minimum atomic E-state index is 0.573. The number of hydrazine groups is 6. The molecule has 186 valence electrons. The molecule has 0 unspecified atom stereocenters. The first kappa shape index (κ1) is 28.5. The third kappa shape index (κ3) is 11.1. The van der Waals surface area contributed by atoms with Crippen LogP contribution in [0.3, 0.4) is 0 Å². The summed E-state index contributed by atoms with van der Waals surface area (Å²) in [6, 6.07) is 0.573. The van der Waals surface area contributed by atoms with Crippen LogP contribution in [0, 0.1) is 0 Å². The highest BCUT2D eigenvalue weighted by Crippen LogP contribution is 2.19. The molecular formula is C20H42N8S4. The molecule has 1 aliphatic carbocycles. The van der Waals surface area contributed by atoms with Crippen molar-refractivity contribution in [2.45, 2.75) is 77.7 Å². The highest BCUT2D eigenvalue weighted by molar-refractivity contribution is 7.84. The summed E-state index contributed by atoms with van der Waals surface area (Å²) in [6.07, 6.45) is 15.3. The second-order valence-corrected chi connectivity index (χ2v) is 10.5. The van der Waals surface area contributed by atoms with Gasteiger partial charge in [-0.05, 0) is 25.7 Å². The Bertz CT molecular complexity index is 580. The van der Waals surface area contributed by atoms with Crippen LogP contribution in [0.1, 0.15) is 71.6 Å². The largest absolute Gasteiger partial charge is 0.233 e. The molecule has 1 fully saturated rings. The molecule has 0 bridgehead atoms. The van der Waals surface area contributed by atoms with E-state index < -0.39 is 0 Å². The van der Waals surface area contributed by atoms with Gasteiger partial charge in [-0.25, -0.2) is 20.7 Å². The lowest BCUT2D eigenvalue weighted by Gasteiger charge is -2.39. The van der Waals surface area contributed by atoms with Gasteiger partial charge in [0, 0.05) is 41.3 Å². The molecule has 3 N–H and O–H groups in total.